The van der Waals surface area contributed by atoms with E-state index < -0.39 is 0 Å². The Morgan fingerprint density at radius 3 is 2.57 bits per heavy atom. The van der Waals surface area contributed by atoms with Gasteiger partial charge < -0.3 is 20.5 Å². The molecule has 0 atom stereocenters. The van der Waals surface area contributed by atoms with Crippen LogP contribution in [-0.4, -0.2) is 20.4 Å². The lowest BCUT2D eigenvalue weighted by Crippen LogP contribution is -1.88. The minimum absolute atomic E-state index is 0.197. The molecule has 0 fully saturated rings. The van der Waals surface area contributed by atoms with Crippen molar-refractivity contribution in [2.45, 2.75) is 6.92 Å². The fourth-order valence-corrected chi connectivity index (χ4v) is 2.04. The number of aromatic nitrogens is 2. The number of phenolic OH excluding ortho intramolecular Hbond substituents is 2. The summed E-state index contributed by atoms with van der Waals surface area (Å²) in [5, 5.41) is 22.7. The molecule has 0 spiro atoms. The number of nitrogens with zero attached hydrogens (tertiary/aromatic N) is 2. The fourth-order valence-electron chi connectivity index (χ4n) is 2.04. The second-order valence-electron chi connectivity index (χ2n) is 4.70. The fraction of sp³-hybridized carbons (Fsp3) is 0.0667. The number of nitrogens with two attached hydrogens (primary N) is 1. The molecule has 0 amide bonds. The van der Waals surface area contributed by atoms with Gasteiger partial charge >= 0.3 is 0 Å². The Kier molecular flexibility index (Phi) is 2.98. The van der Waals surface area contributed by atoms with Gasteiger partial charge in [0.05, 0.1) is 0 Å². The smallest absolute Gasteiger partial charge is 0.258 e. The van der Waals surface area contributed by atoms with Gasteiger partial charge in [-0.3, -0.25) is 0 Å². The summed E-state index contributed by atoms with van der Waals surface area (Å²) in [5.74, 6) is 0.269. The summed E-state index contributed by atoms with van der Waals surface area (Å²) in [6.45, 7) is 1.90. The predicted octanol–water partition coefficient (Wildman–Crippen LogP) is 2.71. The predicted molar refractivity (Wildman–Crippen MR) is 77.6 cm³/mol. The van der Waals surface area contributed by atoms with Crippen molar-refractivity contribution in [1.29, 1.82) is 0 Å². The lowest BCUT2D eigenvalue weighted by Gasteiger charge is -2.01. The van der Waals surface area contributed by atoms with E-state index in [1.807, 2.05) is 19.1 Å². The Morgan fingerprint density at radius 1 is 1.05 bits per heavy atom. The van der Waals surface area contributed by atoms with Crippen molar-refractivity contribution in [2.24, 2.45) is 0 Å². The van der Waals surface area contributed by atoms with Crippen molar-refractivity contribution in [1.82, 2.24) is 10.1 Å². The van der Waals surface area contributed by atoms with Crippen molar-refractivity contribution < 1.29 is 14.7 Å². The highest BCUT2D eigenvalue weighted by molar-refractivity contribution is 5.66. The summed E-state index contributed by atoms with van der Waals surface area (Å²) in [4.78, 5) is 4.30. The molecule has 106 valence electrons. The zero-order valence-corrected chi connectivity index (χ0v) is 11.2. The van der Waals surface area contributed by atoms with Crippen molar-refractivity contribution in [3.05, 3.63) is 42.0 Å². The van der Waals surface area contributed by atoms with E-state index in [-0.39, 0.29) is 11.5 Å². The van der Waals surface area contributed by atoms with Crippen molar-refractivity contribution >= 4 is 5.69 Å². The molecule has 0 saturated heterocycles. The molecule has 0 unspecified atom stereocenters. The Labute approximate surface area is 120 Å². The number of phenols is 2. The topological polar surface area (TPSA) is 105 Å². The van der Waals surface area contributed by atoms with E-state index in [0.717, 1.165) is 11.1 Å². The van der Waals surface area contributed by atoms with E-state index in [2.05, 4.69) is 10.1 Å². The van der Waals surface area contributed by atoms with Gasteiger partial charge in [-0.2, -0.15) is 4.98 Å². The Hall–Kier alpha value is -3.02. The number of rotatable bonds is 2. The van der Waals surface area contributed by atoms with Crippen LogP contribution in [0.3, 0.4) is 0 Å². The molecule has 0 bridgehead atoms. The van der Waals surface area contributed by atoms with Crippen LogP contribution in [0.4, 0.5) is 5.69 Å². The quantitative estimate of drug-likeness (QED) is 0.493. The van der Waals surface area contributed by atoms with Crippen LogP contribution < -0.4 is 5.73 Å². The summed E-state index contributed by atoms with van der Waals surface area (Å²) in [5.41, 5.74) is 8.66. The van der Waals surface area contributed by atoms with E-state index in [9.17, 15) is 10.2 Å². The van der Waals surface area contributed by atoms with Crippen LogP contribution in [0, 0.1) is 6.92 Å². The van der Waals surface area contributed by atoms with E-state index in [4.69, 9.17) is 10.3 Å². The maximum Gasteiger partial charge on any atom is 0.258 e. The second-order valence-corrected chi connectivity index (χ2v) is 4.70. The third kappa shape index (κ3) is 2.38. The molecule has 4 N–H and O–H groups in total. The summed E-state index contributed by atoms with van der Waals surface area (Å²) in [6, 6.07) is 9.74. The highest BCUT2D eigenvalue weighted by Gasteiger charge is 2.13. The zero-order chi connectivity index (χ0) is 15.0. The molecule has 21 heavy (non-hydrogen) atoms. The van der Waals surface area contributed by atoms with Gasteiger partial charge in [-0.1, -0.05) is 5.16 Å². The summed E-state index contributed by atoms with van der Waals surface area (Å²) in [6.07, 6.45) is 0. The number of aromatic hydroxyl groups is 2. The molecule has 1 aromatic heterocycles. The molecule has 0 aliphatic rings. The molecule has 0 aliphatic heterocycles. The molecular weight excluding hydrogens is 270 g/mol. The third-order valence-electron chi connectivity index (χ3n) is 3.14. The standard InChI is InChI=1S/C15H13N3O3/c1-8-6-10(16)3-4-11(8)15-17-14(18-21-15)9-2-5-12(19)13(20)7-9/h2-7,19-20H,16H2,1H3. The molecule has 3 aromatic rings. The van der Waals surface area contributed by atoms with Gasteiger partial charge in [0.2, 0.25) is 5.82 Å². The van der Waals surface area contributed by atoms with Gasteiger partial charge in [0, 0.05) is 16.8 Å². The molecule has 0 radical (unpaired) electrons. The van der Waals surface area contributed by atoms with E-state index in [1.54, 1.807) is 12.1 Å². The lowest BCUT2D eigenvalue weighted by molar-refractivity contribution is 0.404. The van der Waals surface area contributed by atoms with Crippen LogP contribution in [0.5, 0.6) is 11.5 Å². The number of anilines is 1. The Morgan fingerprint density at radius 2 is 1.86 bits per heavy atom. The van der Waals surface area contributed by atoms with Gasteiger partial charge in [0.1, 0.15) is 0 Å². The first-order chi connectivity index (χ1) is 10.0. The lowest BCUT2D eigenvalue weighted by atomic mass is 10.1. The SMILES string of the molecule is Cc1cc(N)ccc1-c1nc(-c2ccc(O)c(O)c2)no1. The van der Waals surface area contributed by atoms with Crippen LogP contribution in [0.1, 0.15) is 5.56 Å². The van der Waals surface area contributed by atoms with E-state index >= 15 is 0 Å². The number of nitrogen functional groups attached to an aromatic ring is 1. The van der Waals surface area contributed by atoms with Crippen LogP contribution in [0.2, 0.25) is 0 Å². The van der Waals surface area contributed by atoms with Crippen LogP contribution in [-0.2, 0) is 0 Å². The third-order valence-corrected chi connectivity index (χ3v) is 3.14. The van der Waals surface area contributed by atoms with Crippen LogP contribution in [0.25, 0.3) is 22.8 Å². The van der Waals surface area contributed by atoms with Crippen molar-refractivity contribution in [3.8, 4) is 34.3 Å². The largest absolute Gasteiger partial charge is 0.504 e. The minimum atomic E-state index is -0.234. The Balaban J connectivity index is 2.01. The van der Waals surface area contributed by atoms with Gasteiger partial charge in [-0.15, -0.1) is 0 Å². The van der Waals surface area contributed by atoms with E-state index in [0.29, 0.717) is 23.0 Å². The molecule has 0 aliphatic carbocycles. The van der Waals surface area contributed by atoms with Crippen LogP contribution in [0.15, 0.2) is 40.9 Å². The van der Waals surface area contributed by atoms with Crippen LogP contribution >= 0.6 is 0 Å². The first-order valence-corrected chi connectivity index (χ1v) is 6.27. The Bertz CT molecular complexity index is 812. The maximum atomic E-state index is 9.51. The summed E-state index contributed by atoms with van der Waals surface area (Å²) >= 11 is 0. The molecule has 6 nitrogen and oxygen atoms in total. The highest BCUT2D eigenvalue weighted by Crippen LogP contribution is 2.31. The molecule has 6 heteroatoms. The molecular formula is C15H13N3O3. The first kappa shape index (κ1) is 13.0. The number of benzene rings is 2. The average molecular weight is 283 g/mol. The monoisotopic (exact) mass is 283 g/mol. The number of aryl methyl sites for hydroxylation is 1. The zero-order valence-electron chi connectivity index (χ0n) is 11.2. The van der Waals surface area contributed by atoms with Crippen molar-refractivity contribution in [3.63, 3.8) is 0 Å². The highest BCUT2D eigenvalue weighted by atomic mass is 16.5. The molecule has 1 heterocycles. The summed E-state index contributed by atoms with van der Waals surface area (Å²) < 4.78 is 5.25. The van der Waals surface area contributed by atoms with E-state index in [1.165, 1.54) is 12.1 Å². The average Bonchev–Trinajstić information content (AvgIpc) is 2.91. The van der Waals surface area contributed by atoms with Crippen molar-refractivity contribution in [2.75, 3.05) is 5.73 Å². The first-order valence-electron chi connectivity index (χ1n) is 6.27. The molecule has 0 saturated carbocycles. The van der Waals surface area contributed by atoms with Gasteiger partial charge in [0.15, 0.2) is 11.5 Å². The number of hydrogen-bond donors (Lipinski definition) is 3. The molecule has 3 rings (SSSR count). The minimum Gasteiger partial charge on any atom is -0.504 e. The summed E-state index contributed by atoms with van der Waals surface area (Å²) in [7, 11) is 0. The maximum absolute atomic E-state index is 9.51. The molecule has 2 aromatic carbocycles. The normalized spacial score (nSPS) is 10.7. The second kappa shape index (κ2) is 4.82. The van der Waals surface area contributed by atoms with Gasteiger partial charge in [-0.25, -0.2) is 0 Å². The number of hydrogen-bond acceptors (Lipinski definition) is 6. The van der Waals surface area contributed by atoms with Gasteiger partial charge in [-0.05, 0) is 48.9 Å². The van der Waals surface area contributed by atoms with Gasteiger partial charge in [0.25, 0.3) is 5.89 Å².